The third-order valence-electron chi connectivity index (χ3n) is 3.57. The lowest BCUT2D eigenvalue weighted by Crippen LogP contribution is -2.45. The first kappa shape index (κ1) is 20.4. The largest absolute Gasteiger partial charge is 0.462 e. The van der Waals surface area contributed by atoms with Crippen LogP contribution in [0.5, 0.6) is 0 Å². The highest BCUT2D eigenvalue weighted by atomic mass is 16.5. The van der Waals surface area contributed by atoms with Gasteiger partial charge in [0.2, 0.25) is 0 Å². The highest BCUT2D eigenvalue weighted by Gasteiger charge is 2.24. The minimum atomic E-state index is -0.162. The molecule has 3 nitrogen and oxygen atoms in total. The number of hydrogen-bond donors (Lipinski definition) is 1. The number of rotatable bonds is 12. The first-order valence-corrected chi connectivity index (χ1v) is 8.87. The number of carbonyl (C=O) groups excluding carboxylic acids is 1. The minimum Gasteiger partial charge on any atom is -0.462 e. The summed E-state index contributed by atoms with van der Waals surface area (Å²) in [6.07, 6.45) is 7.99. The van der Waals surface area contributed by atoms with Crippen LogP contribution in [0.4, 0.5) is 0 Å². The fourth-order valence-electron chi connectivity index (χ4n) is 2.60. The molecule has 126 valence electrons. The summed E-state index contributed by atoms with van der Waals surface area (Å²) in [4.78, 5) is 12.3. The molecule has 0 aliphatic heterocycles. The molecule has 0 saturated heterocycles. The molecule has 21 heavy (non-hydrogen) atoms. The van der Waals surface area contributed by atoms with Gasteiger partial charge in [-0.3, -0.25) is 4.79 Å². The van der Waals surface area contributed by atoms with Crippen LogP contribution in [-0.4, -0.2) is 24.2 Å². The highest BCUT2D eigenvalue weighted by Crippen LogP contribution is 2.14. The van der Waals surface area contributed by atoms with Gasteiger partial charge in [0.15, 0.2) is 0 Å². The van der Waals surface area contributed by atoms with E-state index in [1.165, 1.54) is 19.3 Å². The number of unbranched alkanes of at least 4 members (excludes halogenated alkanes) is 2. The molecule has 0 heterocycles. The number of esters is 1. The summed E-state index contributed by atoms with van der Waals surface area (Å²) >= 11 is 0. The van der Waals surface area contributed by atoms with Crippen LogP contribution in [0, 0.1) is 5.92 Å². The molecule has 1 N–H and O–H groups in total. The summed E-state index contributed by atoms with van der Waals surface area (Å²) in [5, 5.41) is 3.58. The maximum atomic E-state index is 12.3. The lowest BCUT2D eigenvalue weighted by Gasteiger charge is -2.26. The summed E-state index contributed by atoms with van der Waals surface area (Å²) in [5.41, 5.74) is 0. The first-order valence-electron chi connectivity index (χ1n) is 8.87. The van der Waals surface area contributed by atoms with Gasteiger partial charge >= 0.3 is 5.97 Å². The van der Waals surface area contributed by atoms with Crippen molar-refractivity contribution in [2.45, 2.75) is 105 Å². The highest BCUT2D eigenvalue weighted by molar-refractivity contribution is 5.76. The molecule has 1 unspecified atom stereocenters. The molecule has 0 spiro atoms. The molecule has 0 bridgehead atoms. The lowest BCUT2D eigenvalue weighted by molar-refractivity contribution is -0.150. The molecule has 0 saturated carbocycles. The van der Waals surface area contributed by atoms with Crippen molar-refractivity contribution in [1.82, 2.24) is 5.32 Å². The SMILES string of the molecule is CCCCCC(CCC)N[C@@H](CC(C)C)C(=O)OC(C)C. The van der Waals surface area contributed by atoms with Gasteiger partial charge in [-0.05, 0) is 39.0 Å². The van der Waals surface area contributed by atoms with Gasteiger partial charge in [-0.25, -0.2) is 0 Å². The zero-order chi connectivity index (χ0) is 16.3. The zero-order valence-corrected chi connectivity index (χ0v) is 15.1. The van der Waals surface area contributed by atoms with E-state index >= 15 is 0 Å². The molecule has 0 amide bonds. The van der Waals surface area contributed by atoms with Gasteiger partial charge < -0.3 is 10.1 Å². The van der Waals surface area contributed by atoms with Crippen molar-refractivity contribution in [2.24, 2.45) is 5.92 Å². The second kappa shape index (κ2) is 12.0. The van der Waals surface area contributed by atoms with Crippen LogP contribution >= 0.6 is 0 Å². The van der Waals surface area contributed by atoms with Crippen molar-refractivity contribution >= 4 is 5.97 Å². The Balaban J connectivity index is 4.58. The predicted octanol–water partition coefficient (Wildman–Crippen LogP) is 4.69. The normalized spacial score (nSPS) is 14.5. The fraction of sp³-hybridized carbons (Fsp3) is 0.944. The van der Waals surface area contributed by atoms with Crippen LogP contribution in [0.15, 0.2) is 0 Å². The second-order valence-electron chi connectivity index (χ2n) is 6.82. The summed E-state index contributed by atoms with van der Waals surface area (Å²) < 4.78 is 5.42. The van der Waals surface area contributed by atoms with Gasteiger partial charge in [-0.2, -0.15) is 0 Å². The van der Waals surface area contributed by atoms with Gasteiger partial charge in [-0.1, -0.05) is 53.4 Å². The summed E-state index contributed by atoms with van der Waals surface area (Å²) in [7, 11) is 0. The Labute approximate surface area is 132 Å². The Bertz CT molecular complexity index is 264. The minimum absolute atomic E-state index is 0.0429. The van der Waals surface area contributed by atoms with Crippen molar-refractivity contribution in [2.75, 3.05) is 0 Å². The van der Waals surface area contributed by atoms with Crippen LogP contribution < -0.4 is 5.32 Å². The quantitative estimate of drug-likeness (QED) is 0.419. The maximum absolute atomic E-state index is 12.3. The lowest BCUT2D eigenvalue weighted by atomic mass is 9.99. The maximum Gasteiger partial charge on any atom is 0.323 e. The number of nitrogens with one attached hydrogen (secondary N) is 1. The van der Waals surface area contributed by atoms with E-state index in [-0.39, 0.29) is 18.1 Å². The van der Waals surface area contributed by atoms with Crippen LogP contribution in [0.25, 0.3) is 0 Å². The Hall–Kier alpha value is -0.570. The Kier molecular flexibility index (Phi) is 11.7. The third kappa shape index (κ3) is 10.8. The van der Waals surface area contributed by atoms with E-state index in [1.807, 2.05) is 13.8 Å². The average molecular weight is 299 g/mol. The summed E-state index contributed by atoms with van der Waals surface area (Å²) in [6, 6.07) is 0.274. The van der Waals surface area contributed by atoms with E-state index in [0.29, 0.717) is 12.0 Å². The Morgan fingerprint density at radius 2 is 1.67 bits per heavy atom. The van der Waals surface area contributed by atoms with Crippen LogP contribution in [0.1, 0.15) is 86.5 Å². The molecule has 0 aliphatic carbocycles. The summed E-state index contributed by atoms with van der Waals surface area (Å²) in [6.45, 7) is 12.6. The molecule has 0 aromatic heterocycles. The van der Waals surface area contributed by atoms with Crippen molar-refractivity contribution in [3.8, 4) is 0 Å². The topological polar surface area (TPSA) is 38.3 Å². The molecule has 0 radical (unpaired) electrons. The van der Waals surface area contributed by atoms with Crippen LogP contribution in [0.2, 0.25) is 0 Å². The molecule has 0 aromatic rings. The number of ether oxygens (including phenoxy) is 1. The molecular formula is C18H37NO2. The van der Waals surface area contributed by atoms with Gasteiger partial charge in [0.25, 0.3) is 0 Å². The van der Waals surface area contributed by atoms with Gasteiger partial charge in [-0.15, -0.1) is 0 Å². The first-order chi connectivity index (χ1) is 9.90. The Morgan fingerprint density at radius 1 is 1.00 bits per heavy atom. The standard InChI is InChI=1S/C18H37NO2/c1-7-9-10-12-16(11-8-2)19-17(13-14(3)4)18(20)21-15(5)6/h14-17,19H,7-13H2,1-6H3/t16?,17-/m0/s1. The molecule has 0 aromatic carbocycles. The smallest absolute Gasteiger partial charge is 0.323 e. The third-order valence-corrected chi connectivity index (χ3v) is 3.57. The van der Waals surface area contributed by atoms with E-state index in [9.17, 15) is 4.79 Å². The van der Waals surface area contributed by atoms with Crippen molar-refractivity contribution in [3.05, 3.63) is 0 Å². The molecular weight excluding hydrogens is 262 g/mol. The van der Waals surface area contributed by atoms with E-state index in [4.69, 9.17) is 4.74 Å². The van der Waals surface area contributed by atoms with E-state index in [2.05, 4.69) is 33.0 Å². The summed E-state index contributed by atoms with van der Waals surface area (Å²) in [5.74, 6) is 0.399. The van der Waals surface area contributed by atoms with Crippen molar-refractivity contribution in [1.29, 1.82) is 0 Å². The average Bonchev–Trinajstić information content (AvgIpc) is 2.37. The van der Waals surface area contributed by atoms with Gasteiger partial charge in [0, 0.05) is 6.04 Å². The Morgan fingerprint density at radius 3 is 2.14 bits per heavy atom. The van der Waals surface area contributed by atoms with Crippen molar-refractivity contribution < 1.29 is 9.53 Å². The fourth-order valence-corrected chi connectivity index (χ4v) is 2.60. The van der Waals surface area contributed by atoms with E-state index in [1.54, 1.807) is 0 Å². The van der Waals surface area contributed by atoms with Crippen LogP contribution in [0.3, 0.4) is 0 Å². The van der Waals surface area contributed by atoms with E-state index in [0.717, 1.165) is 25.7 Å². The van der Waals surface area contributed by atoms with E-state index < -0.39 is 0 Å². The predicted molar refractivity (Wildman–Crippen MR) is 90.4 cm³/mol. The monoisotopic (exact) mass is 299 g/mol. The number of hydrogen-bond acceptors (Lipinski definition) is 3. The molecule has 3 heteroatoms. The van der Waals surface area contributed by atoms with Crippen molar-refractivity contribution in [3.63, 3.8) is 0 Å². The van der Waals surface area contributed by atoms with Gasteiger partial charge in [0.1, 0.15) is 6.04 Å². The molecule has 0 rings (SSSR count). The zero-order valence-electron chi connectivity index (χ0n) is 15.1. The van der Waals surface area contributed by atoms with Crippen LogP contribution in [-0.2, 0) is 9.53 Å². The number of carbonyl (C=O) groups is 1. The molecule has 2 atom stereocenters. The van der Waals surface area contributed by atoms with Gasteiger partial charge in [0.05, 0.1) is 6.10 Å². The molecule has 0 fully saturated rings. The second-order valence-corrected chi connectivity index (χ2v) is 6.82. The molecule has 0 aliphatic rings.